The molecule has 0 atom stereocenters. The molecule has 0 aliphatic heterocycles. The van der Waals surface area contributed by atoms with Crippen molar-refractivity contribution in [3.8, 4) is 0 Å². The summed E-state index contributed by atoms with van der Waals surface area (Å²) in [6.45, 7) is 7.58. The highest BCUT2D eigenvalue weighted by atomic mass is 16.2. The lowest BCUT2D eigenvalue weighted by atomic mass is 10.0. The van der Waals surface area contributed by atoms with Gasteiger partial charge in [-0.05, 0) is 33.8 Å². The molecular weight excluding hydrogens is 244 g/mol. The van der Waals surface area contributed by atoms with Crippen LogP contribution in [0.2, 0.25) is 0 Å². The van der Waals surface area contributed by atoms with E-state index >= 15 is 0 Å². The summed E-state index contributed by atoms with van der Waals surface area (Å²) in [5.74, 6) is -0.974. The van der Waals surface area contributed by atoms with Gasteiger partial charge in [-0.15, -0.1) is 0 Å². The second kappa shape index (κ2) is 5.69. The van der Waals surface area contributed by atoms with Gasteiger partial charge in [0.25, 0.3) is 5.91 Å². The minimum absolute atomic E-state index is 0.382. The average Bonchev–Trinajstić information content (AvgIpc) is 2.28. The summed E-state index contributed by atoms with van der Waals surface area (Å²) in [6.07, 6.45) is 1.49. The Balaban J connectivity index is 3.03. The number of hydrogen-bond donors (Lipinski definition) is 3. The Hall–Kier alpha value is -2.11. The maximum Gasteiger partial charge on any atom is 0.255 e. The van der Waals surface area contributed by atoms with Gasteiger partial charge in [-0.25, -0.2) is 0 Å². The number of nitrogens with zero attached hydrogens (tertiary/aromatic N) is 1. The van der Waals surface area contributed by atoms with Crippen molar-refractivity contribution in [1.29, 1.82) is 0 Å². The lowest BCUT2D eigenvalue weighted by molar-refractivity contribution is -0.122. The fourth-order valence-corrected chi connectivity index (χ4v) is 1.49. The van der Waals surface area contributed by atoms with E-state index in [1.54, 1.807) is 19.9 Å². The first-order valence-electron chi connectivity index (χ1n) is 6.11. The molecule has 0 spiro atoms. The van der Waals surface area contributed by atoms with Crippen LogP contribution in [0.25, 0.3) is 0 Å². The number of carbonyl (C=O) groups is 2. The number of nitrogens with one attached hydrogen (secondary N) is 2. The molecule has 104 valence electrons. The van der Waals surface area contributed by atoms with Crippen LogP contribution in [0.5, 0.6) is 0 Å². The van der Waals surface area contributed by atoms with Gasteiger partial charge in [-0.1, -0.05) is 0 Å². The summed E-state index contributed by atoms with van der Waals surface area (Å²) in [6, 6.07) is 1.79. The van der Waals surface area contributed by atoms with Gasteiger partial charge >= 0.3 is 0 Å². The van der Waals surface area contributed by atoms with Crippen LogP contribution in [0, 0.1) is 6.92 Å². The molecule has 0 fully saturated rings. The van der Waals surface area contributed by atoms with Crippen LogP contribution in [0.4, 0.5) is 5.69 Å². The molecule has 6 heteroatoms. The minimum Gasteiger partial charge on any atom is -0.385 e. The van der Waals surface area contributed by atoms with E-state index in [0.29, 0.717) is 17.8 Å². The van der Waals surface area contributed by atoms with Gasteiger partial charge in [0.1, 0.15) is 5.54 Å². The number of aromatic nitrogens is 1. The summed E-state index contributed by atoms with van der Waals surface area (Å²) in [7, 11) is 0. The SMILES string of the molecule is CCNc1cc(C)ncc1C(=O)NC(C)(C)C(N)=O. The second-order valence-electron chi connectivity index (χ2n) is 4.84. The van der Waals surface area contributed by atoms with Crippen molar-refractivity contribution in [2.75, 3.05) is 11.9 Å². The smallest absolute Gasteiger partial charge is 0.255 e. The topological polar surface area (TPSA) is 97.1 Å². The zero-order valence-electron chi connectivity index (χ0n) is 11.7. The molecule has 4 N–H and O–H groups in total. The van der Waals surface area contributed by atoms with E-state index in [1.165, 1.54) is 6.20 Å². The Morgan fingerprint density at radius 3 is 2.58 bits per heavy atom. The Kier molecular flexibility index (Phi) is 4.47. The average molecular weight is 264 g/mol. The van der Waals surface area contributed by atoms with Crippen molar-refractivity contribution < 1.29 is 9.59 Å². The third-order valence-electron chi connectivity index (χ3n) is 2.69. The molecule has 0 aliphatic rings. The monoisotopic (exact) mass is 264 g/mol. The molecule has 1 rings (SSSR count). The van der Waals surface area contributed by atoms with Crippen LogP contribution in [0.3, 0.4) is 0 Å². The molecule has 0 aliphatic carbocycles. The molecule has 0 radical (unpaired) electrons. The molecule has 1 aromatic heterocycles. The van der Waals surface area contributed by atoms with Gasteiger partial charge in [0.15, 0.2) is 0 Å². The van der Waals surface area contributed by atoms with Crippen molar-refractivity contribution in [3.05, 3.63) is 23.5 Å². The molecule has 0 saturated carbocycles. The number of hydrogen-bond acceptors (Lipinski definition) is 4. The van der Waals surface area contributed by atoms with Gasteiger partial charge in [-0.2, -0.15) is 0 Å². The first-order chi connectivity index (χ1) is 8.77. The number of carbonyl (C=O) groups excluding carboxylic acids is 2. The number of aryl methyl sites for hydroxylation is 1. The second-order valence-corrected chi connectivity index (χ2v) is 4.84. The van der Waals surface area contributed by atoms with Crippen molar-refractivity contribution in [2.45, 2.75) is 33.2 Å². The fraction of sp³-hybridized carbons (Fsp3) is 0.462. The van der Waals surface area contributed by atoms with Crippen LogP contribution in [0.1, 0.15) is 36.8 Å². The first-order valence-corrected chi connectivity index (χ1v) is 6.11. The van der Waals surface area contributed by atoms with Gasteiger partial charge in [0.05, 0.1) is 11.3 Å². The molecule has 19 heavy (non-hydrogen) atoms. The lowest BCUT2D eigenvalue weighted by Gasteiger charge is -2.23. The Labute approximate surface area is 112 Å². The number of anilines is 1. The van der Waals surface area contributed by atoms with Crippen LogP contribution in [-0.4, -0.2) is 28.9 Å². The summed E-state index contributed by atoms with van der Waals surface area (Å²) in [5, 5.41) is 5.69. The Morgan fingerprint density at radius 2 is 2.05 bits per heavy atom. The molecule has 6 nitrogen and oxygen atoms in total. The highest BCUT2D eigenvalue weighted by molar-refractivity contribution is 6.02. The van der Waals surface area contributed by atoms with Crippen LogP contribution in [-0.2, 0) is 4.79 Å². The summed E-state index contributed by atoms with van der Waals surface area (Å²) < 4.78 is 0. The number of amides is 2. The summed E-state index contributed by atoms with van der Waals surface area (Å²) in [5.41, 5.74) is 6.01. The van der Waals surface area contributed by atoms with E-state index in [0.717, 1.165) is 5.69 Å². The predicted octanol–water partition coefficient (Wildman–Crippen LogP) is 0.816. The molecule has 1 heterocycles. The molecular formula is C13H20N4O2. The lowest BCUT2D eigenvalue weighted by Crippen LogP contribution is -2.53. The molecule has 1 aromatic rings. The van der Waals surface area contributed by atoms with Crippen molar-refractivity contribution in [3.63, 3.8) is 0 Å². The van der Waals surface area contributed by atoms with E-state index < -0.39 is 11.4 Å². The number of pyridine rings is 1. The van der Waals surface area contributed by atoms with Gasteiger partial charge in [0.2, 0.25) is 5.91 Å². The first kappa shape index (κ1) is 14.9. The van der Waals surface area contributed by atoms with E-state index in [9.17, 15) is 9.59 Å². The normalized spacial score (nSPS) is 10.9. The highest BCUT2D eigenvalue weighted by Gasteiger charge is 2.28. The molecule has 2 amide bonds. The maximum atomic E-state index is 12.2. The third-order valence-corrected chi connectivity index (χ3v) is 2.69. The number of primary amides is 1. The molecule has 0 bridgehead atoms. The number of nitrogens with two attached hydrogens (primary N) is 1. The predicted molar refractivity (Wildman–Crippen MR) is 73.9 cm³/mol. The van der Waals surface area contributed by atoms with Crippen LogP contribution >= 0.6 is 0 Å². The zero-order valence-corrected chi connectivity index (χ0v) is 11.7. The van der Waals surface area contributed by atoms with Gasteiger partial charge in [-0.3, -0.25) is 14.6 Å². The van der Waals surface area contributed by atoms with Crippen LogP contribution in [0.15, 0.2) is 12.3 Å². The summed E-state index contributed by atoms with van der Waals surface area (Å²) in [4.78, 5) is 27.5. The molecule has 0 unspecified atom stereocenters. The Bertz CT molecular complexity index is 497. The van der Waals surface area contributed by atoms with Crippen molar-refractivity contribution in [2.24, 2.45) is 5.73 Å². The maximum absolute atomic E-state index is 12.2. The van der Waals surface area contributed by atoms with E-state index in [-0.39, 0.29) is 5.91 Å². The number of rotatable bonds is 5. The zero-order chi connectivity index (χ0) is 14.6. The summed E-state index contributed by atoms with van der Waals surface area (Å²) >= 11 is 0. The highest BCUT2D eigenvalue weighted by Crippen LogP contribution is 2.16. The standard InChI is InChI=1S/C13H20N4O2/c1-5-15-10-6-8(2)16-7-9(10)11(18)17-13(3,4)12(14)19/h6-7H,5H2,1-4H3,(H2,14,19)(H,15,16)(H,17,18). The van der Waals surface area contributed by atoms with E-state index in [4.69, 9.17) is 5.73 Å². The minimum atomic E-state index is -1.11. The molecule has 0 saturated heterocycles. The van der Waals surface area contributed by atoms with Gasteiger partial charge in [0, 0.05) is 18.4 Å². The van der Waals surface area contributed by atoms with E-state index in [2.05, 4.69) is 15.6 Å². The Morgan fingerprint density at radius 1 is 1.42 bits per heavy atom. The third kappa shape index (κ3) is 3.67. The van der Waals surface area contributed by atoms with Crippen LogP contribution < -0.4 is 16.4 Å². The van der Waals surface area contributed by atoms with Gasteiger partial charge < -0.3 is 16.4 Å². The quantitative estimate of drug-likeness (QED) is 0.733. The van der Waals surface area contributed by atoms with Crippen molar-refractivity contribution in [1.82, 2.24) is 10.3 Å². The van der Waals surface area contributed by atoms with E-state index in [1.807, 2.05) is 13.8 Å². The largest absolute Gasteiger partial charge is 0.385 e. The molecule has 0 aromatic carbocycles. The van der Waals surface area contributed by atoms with Crippen molar-refractivity contribution >= 4 is 17.5 Å². The fourth-order valence-electron chi connectivity index (χ4n) is 1.49.